The monoisotopic (exact) mass is 400 g/mol. The molecule has 2 N–H and O–H groups in total. The van der Waals surface area contributed by atoms with E-state index in [0.29, 0.717) is 17.9 Å². The normalized spacial score (nSPS) is 10.0. The largest absolute Gasteiger partial charge is 0.508 e. The molecule has 0 saturated carbocycles. The number of carbonyl (C=O) groups is 1. The van der Waals surface area contributed by atoms with Crippen LogP contribution < -0.4 is 4.74 Å². The molecular formula is C24H20N2O4. The van der Waals surface area contributed by atoms with Crippen LogP contribution in [0.4, 0.5) is 0 Å². The molecule has 150 valence electrons. The van der Waals surface area contributed by atoms with Crippen LogP contribution in [0.3, 0.4) is 0 Å². The average molecular weight is 400 g/mol. The van der Waals surface area contributed by atoms with E-state index in [1.54, 1.807) is 12.3 Å². The molecule has 4 aromatic rings. The van der Waals surface area contributed by atoms with E-state index in [0.717, 1.165) is 27.7 Å². The zero-order valence-electron chi connectivity index (χ0n) is 16.3. The molecule has 0 radical (unpaired) electrons. The van der Waals surface area contributed by atoms with Gasteiger partial charge in [-0.1, -0.05) is 36.4 Å². The van der Waals surface area contributed by atoms with E-state index in [4.69, 9.17) is 14.6 Å². The van der Waals surface area contributed by atoms with Crippen LogP contribution in [0.1, 0.15) is 16.7 Å². The number of aromatic nitrogens is 1. The van der Waals surface area contributed by atoms with Gasteiger partial charge in [-0.05, 0) is 42.3 Å². The van der Waals surface area contributed by atoms with Crippen LogP contribution >= 0.6 is 0 Å². The van der Waals surface area contributed by atoms with Crippen molar-refractivity contribution in [3.8, 4) is 23.3 Å². The summed E-state index contributed by atoms with van der Waals surface area (Å²) in [6, 6.07) is 23.4. The van der Waals surface area contributed by atoms with Crippen molar-refractivity contribution in [2.24, 2.45) is 0 Å². The van der Waals surface area contributed by atoms with Crippen LogP contribution in [0.2, 0.25) is 0 Å². The van der Waals surface area contributed by atoms with Crippen LogP contribution in [0, 0.1) is 18.3 Å². The number of aryl methyl sites for hydroxylation is 1. The Kier molecular flexibility index (Phi) is 6.36. The lowest BCUT2D eigenvalue weighted by atomic mass is 10.1. The number of rotatable bonds is 4. The van der Waals surface area contributed by atoms with Gasteiger partial charge in [0.05, 0.1) is 11.1 Å². The highest BCUT2D eigenvalue weighted by molar-refractivity contribution is 5.89. The number of benzene rings is 3. The first-order chi connectivity index (χ1) is 14.6. The molecule has 0 saturated heterocycles. The second-order valence-corrected chi connectivity index (χ2v) is 6.55. The summed E-state index contributed by atoms with van der Waals surface area (Å²) in [5.74, 6) is 0.947. The number of hydrogen-bond acceptors (Lipinski definition) is 4. The first kappa shape index (κ1) is 20.5. The van der Waals surface area contributed by atoms with Crippen molar-refractivity contribution >= 4 is 17.4 Å². The van der Waals surface area contributed by atoms with Crippen LogP contribution in [0.5, 0.6) is 11.5 Å². The summed E-state index contributed by atoms with van der Waals surface area (Å²) < 4.78 is 7.80. The van der Waals surface area contributed by atoms with Gasteiger partial charge in [0, 0.05) is 23.3 Å². The van der Waals surface area contributed by atoms with E-state index >= 15 is 0 Å². The number of hydrogen-bond donors (Lipinski definition) is 2. The second kappa shape index (κ2) is 9.30. The maximum atomic E-state index is 10.0. The van der Waals surface area contributed by atoms with Gasteiger partial charge >= 0.3 is 0 Å². The molecule has 6 nitrogen and oxygen atoms in total. The Morgan fingerprint density at radius 1 is 1.10 bits per heavy atom. The summed E-state index contributed by atoms with van der Waals surface area (Å²) in [5.41, 5.74) is 4.16. The Morgan fingerprint density at radius 3 is 2.50 bits per heavy atom. The topological polar surface area (TPSA) is 95.5 Å². The molecule has 0 aliphatic heterocycles. The second-order valence-electron chi connectivity index (χ2n) is 6.55. The minimum atomic E-state index is -0.250. The lowest BCUT2D eigenvalue weighted by molar-refractivity contribution is -0.122. The summed E-state index contributed by atoms with van der Waals surface area (Å²) in [5, 5.41) is 27.3. The molecule has 0 amide bonds. The Balaban J connectivity index is 0.000000806. The molecule has 0 spiro atoms. The average Bonchev–Trinajstić information content (AvgIpc) is 3.13. The summed E-state index contributed by atoms with van der Waals surface area (Å²) in [6.07, 6.45) is 1.79. The lowest BCUT2D eigenvalue weighted by Crippen LogP contribution is -1.95. The van der Waals surface area contributed by atoms with Crippen LogP contribution in [-0.2, 0) is 11.4 Å². The third-order valence-electron chi connectivity index (χ3n) is 4.62. The molecule has 0 fully saturated rings. The fourth-order valence-corrected chi connectivity index (χ4v) is 3.09. The molecule has 1 heterocycles. The third kappa shape index (κ3) is 4.42. The smallest absolute Gasteiger partial charge is 0.290 e. The number of nitriles is 1. The van der Waals surface area contributed by atoms with E-state index in [1.165, 1.54) is 0 Å². The van der Waals surface area contributed by atoms with Gasteiger partial charge in [0.2, 0.25) is 0 Å². The highest BCUT2D eigenvalue weighted by atomic mass is 16.5. The van der Waals surface area contributed by atoms with Gasteiger partial charge in [-0.15, -0.1) is 0 Å². The Hall–Kier alpha value is -4.24. The highest BCUT2D eigenvalue weighted by Gasteiger charge is 2.12. The van der Waals surface area contributed by atoms with Gasteiger partial charge in [0.25, 0.3) is 6.47 Å². The van der Waals surface area contributed by atoms with Crippen molar-refractivity contribution in [2.75, 3.05) is 0 Å². The number of phenolic OH excluding ortho intramolecular Hbond substituents is 1. The molecule has 0 unspecified atom stereocenters. The first-order valence-electron chi connectivity index (χ1n) is 9.17. The lowest BCUT2D eigenvalue weighted by Gasteiger charge is -2.09. The van der Waals surface area contributed by atoms with Crippen molar-refractivity contribution < 1.29 is 19.7 Å². The van der Waals surface area contributed by atoms with E-state index in [2.05, 4.69) is 6.07 Å². The molecule has 4 rings (SSSR count). The summed E-state index contributed by atoms with van der Waals surface area (Å²) in [4.78, 5) is 8.36. The number of aromatic hydroxyl groups is 1. The predicted octanol–water partition coefficient (Wildman–Crippen LogP) is 4.80. The number of fused-ring (bicyclic) bond motifs is 1. The summed E-state index contributed by atoms with van der Waals surface area (Å²) in [7, 11) is 0. The van der Waals surface area contributed by atoms with Crippen molar-refractivity contribution in [2.45, 2.75) is 13.5 Å². The molecular weight excluding hydrogens is 380 g/mol. The maximum Gasteiger partial charge on any atom is 0.290 e. The standard InChI is InChI=1S/C23H18N2O2.CH2O2/c1-16-7-8-19(11-23(16)26)25-14-18(13-24)21-12-20(9-10-22(21)25)27-15-17-5-3-2-4-6-17;2-1-3/h2-12,14,26H,15H2,1H3;1H,(H,2,3). The summed E-state index contributed by atoms with van der Waals surface area (Å²) >= 11 is 0. The van der Waals surface area contributed by atoms with E-state index in [1.807, 2.05) is 72.2 Å². The van der Waals surface area contributed by atoms with Gasteiger partial charge in [-0.2, -0.15) is 5.26 Å². The molecule has 0 atom stereocenters. The fourth-order valence-electron chi connectivity index (χ4n) is 3.09. The van der Waals surface area contributed by atoms with Crippen molar-refractivity contribution in [3.63, 3.8) is 0 Å². The molecule has 0 bridgehead atoms. The van der Waals surface area contributed by atoms with Gasteiger partial charge in [-0.3, -0.25) is 4.79 Å². The van der Waals surface area contributed by atoms with Crippen molar-refractivity contribution in [1.29, 1.82) is 5.26 Å². The minimum Gasteiger partial charge on any atom is -0.508 e. The highest BCUT2D eigenvalue weighted by Crippen LogP contribution is 2.30. The van der Waals surface area contributed by atoms with E-state index in [-0.39, 0.29) is 12.2 Å². The molecule has 6 heteroatoms. The molecule has 0 aliphatic carbocycles. The quantitative estimate of drug-likeness (QED) is 0.480. The SMILES string of the molecule is Cc1ccc(-n2cc(C#N)c3cc(OCc4ccccc4)ccc32)cc1O.O=CO. The number of carboxylic acid groups (broad SMARTS) is 1. The zero-order valence-corrected chi connectivity index (χ0v) is 16.3. The van der Waals surface area contributed by atoms with Gasteiger partial charge in [0.1, 0.15) is 24.2 Å². The number of phenols is 1. The summed E-state index contributed by atoms with van der Waals surface area (Å²) in [6.45, 7) is 2.07. The third-order valence-corrected chi connectivity index (χ3v) is 4.62. The van der Waals surface area contributed by atoms with Crippen molar-refractivity contribution in [1.82, 2.24) is 4.57 Å². The zero-order chi connectivity index (χ0) is 21.5. The first-order valence-corrected chi connectivity index (χ1v) is 9.17. The van der Waals surface area contributed by atoms with Crippen LogP contribution in [0.25, 0.3) is 16.6 Å². The Bertz CT molecular complexity index is 1210. The Labute approximate surface area is 173 Å². The number of nitrogens with zero attached hydrogens (tertiary/aromatic N) is 2. The fraction of sp³-hybridized carbons (Fsp3) is 0.0833. The molecule has 3 aromatic carbocycles. The van der Waals surface area contributed by atoms with Crippen LogP contribution in [0.15, 0.2) is 72.9 Å². The maximum absolute atomic E-state index is 10.0. The number of ether oxygens (including phenoxy) is 1. The van der Waals surface area contributed by atoms with E-state index < -0.39 is 0 Å². The van der Waals surface area contributed by atoms with Gasteiger partial charge in [0.15, 0.2) is 0 Å². The van der Waals surface area contributed by atoms with Gasteiger partial charge in [-0.25, -0.2) is 0 Å². The minimum absolute atomic E-state index is 0.232. The predicted molar refractivity (Wildman–Crippen MR) is 114 cm³/mol. The molecule has 1 aromatic heterocycles. The van der Waals surface area contributed by atoms with E-state index in [9.17, 15) is 10.4 Å². The molecule has 30 heavy (non-hydrogen) atoms. The van der Waals surface area contributed by atoms with Crippen LogP contribution in [-0.4, -0.2) is 21.3 Å². The Morgan fingerprint density at radius 2 is 1.83 bits per heavy atom. The molecule has 0 aliphatic rings. The van der Waals surface area contributed by atoms with Crippen molar-refractivity contribution in [3.05, 3.63) is 89.6 Å². The van der Waals surface area contributed by atoms with Gasteiger partial charge < -0.3 is 19.5 Å².